The summed E-state index contributed by atoms with van der Waals surface area (Å²) in [7, 11) is 0. The van der Waals surface area contributed by atoms with E-state index in [2.05, 4.69) is 10.6 Å². The maximum absolute atomic E-state index is 14.2. The number of rotatable bonds is 21. The number of carbonyl (C=O) groups is 6. The van der Waals surface area contributed by atoms with E-state index < -0.39 is 53.8 Å². The summed E-state index contributed by atoms with van der Waals surface area (Å²) in [5, 5.41) is 42.5. The van der Waals surface area contributed by atoms with Crippen molar-refractivity contribution >= 4 is 101 Å². The molecule has 0 unspecified atom stereocenters. The Morgan fingerprint density at radius 2 is 0.629 bits per heavy atom. The first-order chi connectivity index (χ1) is 34.0. The number of carboxylic acid groups (broad SMARTS) is 3. The lowest BCUT2D eigenvalue weighted by atomic mass is 10.1. The zero-order valence-corrected chi connectivity index (χ0v) is 38.2. The fraction of sp³-hybridized carbons (Fsp3) is 0.236. The van der Waals surface area contributed by atoms with Gasteiger partial charge >= 0.3 is 17.9 Å². The highest BCUT2D eigenvalue weighted by molar-refractivity contribution is 6.11. The number of aliphatic carboxylic acids is 3. The molecule has 15 nitrogen and oxygen atoms in total. The summed E-state index contributed by atoms with van der Waals surface area (Å²) in [6, 6.07) is 42.0. The highest BCUT2D eigenvalue weighted by Gasteiger charge is 2.29. The number of hydrogen-bond donors (Lipinski definition) is 5. The van der Waals surface area contributed by atoms with Crippen molar-refractivity contribution in [3.8, 4) is 0 Å². The van der Waals surface area contributed by atoms with Crippen molar-refractivity contribution in [3.63, 3.8) is 0 Å². The third-order valence-corrected chi connectivity index (χ3v) is 13.3. The van der Waals surface area contributed by atoms with Gasteiger partial charge in [-0.2, -0.15) is 0 Å². The van der Waals surface area contributed by atoms with Crippen molar-refractivity contribution in [1.82, 2.24) is 29.2 Å². The van der Waals surface area contributed by atoms with E-state index in [1.807, 2.05) is 146 Å². The summed E-state index contributed by atoms with van der Waals surface area (Å²) in [6.45, 7) is 0.0230. The van der Waals surface area contributed by atoms with Gasteiger partial charge in [-0.3, -0.25) is 14.4 Å². The van der Waals surface area contributed by atoms with Gasteiger partial charge in [0, 0.05) is 111 Å². The predicted molar refractivity (Wildman–Crippen MR) is 269 cm³/mol. The van der Waals surface area contributed by atoms with Gasteiger partial charge in [-0.25, -0.2) is 14.4 Å². The number of carboxylic acids is 3. The zero-order valence-electron chi connectivity index (χ0n) is 38.2. The van der Waals surface area contributed by atoms with Crippen LogP contribution in [0.25, 0.3) is 65.4 Å². The van der Waals surface area contributed by atoms with Crippen LogP contribution in [0, 0.1) is 0 Å². The second kappa shape index (κ2) is 20.4. The van der Waals surface area contributed by atoms with E-state index in [4.69, 9.17) is 0 Å². The summed E-state index contributed by atoms with van der Waals surface area (Å²) in [4.78, 5) is 80.8. The summed E-state index contributed by atoms with van der Waals surface area (Å²) >= 11 is 0. The first-order valence-corrected chi connectivity index (χ1v) is 23.4. The number of fused-ring (bicyclic) bond motifs is 9. The molecule has 9 rings (SSSR count). The molecule has 0 aliphatic rings. The van der Waals surface area contributed by atoms with Gasteiger partial charge < -0.3 is 44.6 Å². The number of hydrogen-bond acceptors (Lipinski definition) is 6. The van der Waals surface area contributed by atoms with Gasteiger partial charge in [-0.05, 0) is 55.7 Å². The molecule has 0 fully saturated rings. The van der Waals surface area contributed by atoms with E-state index in [1.165, 1.54) is 4.90 Å². The molecule has 70 heavy (non-hydrogen) atoms. The average Bonchev–Trinajstić information content (AvgIpc) is 4.00. The quantitative estimate of drug-likeness (QED) is 0.0467. The number of carbonyl (C=O) groups excluding carboxylic acids is 3. The van der Waals surface area contributed by atoms with Crippen molar-refractivity contribution in [1.29, 1.82) is 0 Å². The van der Waals surface area contributed by atoms with Crippen LogP contribution in [0.2, 0.25) is 0 Å². The topological polar surface area (TPSA) is 205 Å². The Morgan fingerprint density at radius 1 is 0.386 bits per heavy atom. The molecule has 0 bridgehead atoms. The molecule has 0 aliphatic heterocycles. The molecule has 3 aromatic heterocycles. The molecule has 9 aromatic rings. The predicted octanol–water partition coefficient (Wildman–Crippen LogP) is 8.69. The lowest BCUT2D eigenvalue weighted by Gasteiger charge is -2.25. The Balaban J connectivity index is 0.875. The van der Waals surface area contributed by atoms with E-state index in [0.717, 1.165) is 65.4 Å². The van der Waals surface area contributed by atoms with Crippen LogP contribution in [-0.4, -0.2) is 95.7 Å². The SMILES string of the molecule is O=C(CC[C@@H](C(=O)O)n1c2ccccc2c2ccccc21)NCCN(CCNC(=O)CC[C@@H](C(=O)O)n1c2ccccc2c2ccccc21)C(=O)CC[C@@H](C(=O)O)n1c2ccccc2c2ccccc21. The van der Waals surface area contributed by atoms with Gasteiger partial charge in [0.25, 0.3) is 0 Å². The van der Waals surface area contributed by atoms with Gasteiger partial charge in [0.05, 0.1) is 0 Å². The Kier molecular flexibility index (Phi) is 13.6. The monoisotopic (exact) mass is 940 g/mol. The number of nitrogens with zero attached hydrogens (tertiary/aromatic N) is 4. The average molecular weight is 941 g/mol. The third kappa shape index (κ3) is 9.25. The van der Waals surface area contributed by atoms with Gasteiger partial charge in [0.15, 0.2) is 0 Å². The Hall–Kier alpha value is -8.46. The molecule has 3 atom stereocenters. The van der Waals surface area contributed by atoms with Crippen LogP contribution in [0.4, 0.5) is 0 Å². The minimum Gasteiger partial charge on any atom is -0.480 e. The van der Waals surface area contributed by atoms with E-state index in [9.17, 15) is 44.1 Å². The lowest BCUT2D eigenvalue weighted by Crippen LogP contribution is -2.43. The maximum atomic E-state index is 14.2. The Bertz CT molecular complexity index is 3150. The van der Waals surface area contributed by atoms with Crippen LogP contribution in [0.1, 0.15) is 56.7 Å². The minimum atomic E-state index is -1.11. The molecule has 0 aliphatic carbocycles. The molecule has 3 heterocycles. The maximum Gasteiger partial charge on any atom is 0.326 e. The Labute approximate surface area is 401 Å². The normalized spacial score (nSPS) is 12.9. The van der Waals surface area contributed by atoms with E-state index in [1.54, 1.807) is 13.7 Å². The van der Waals surface area contributed by atoms with Crippen LogP contribution < -0.4 is 10.6 Å². The van der Waals surface area contributed by atoms with Crippen LogP contribution in [0.5, 0.6) is 0 Å². The molecular weight excluding hydrogens is 889 g/mol. The van der Waals surface area contributed by atoms with Gasteiger partial charge in [0.1, 0.15) is 18.1 Å². The van der Waals surface area contributed by atoms with Crippen molar-refractivity contribution in [2.75, 3.05) is 26.2 Å². The minimum absolute atomic E-state index is 0.0000512. The summed E-state index contributed by atoms with van der Waals surface area (Å²) in [6.07, 6.45) is -0.461. The van der Waals surface area contributed by atoms with Crippen LogP contribution in [-0.2, 0) is 28.8 Å². The molecule has 5 N–H and O–H groups in total. The van der Waals surface area contributed by atoms with Gasteiger partial charge in [-0.1, -0.05) is 109 Å². The van der Waals surface area contributed by atoms with Crippen LogP contribution in [0.3, 0.4) is 0 Å². The number of amides is 3. The first kappa shape index (κ1) is 46.6. The smallest absolute Gasteiger partial charge is 0.326 e. The first-order valence-electron chi connectivity index (χ1n) is 23.4. The van der Waals surface area contributed by atoms with Crippen molar-refractivity contribution < 1.29 is 44.1 Å². The third-order valence-electron chi connectivity index (χ3n) is 13.3. The Morgan fingerprint density at radius 3 is 0.886 bits per heavy atom. The second-order valence-corrected chi connectivity index (χ2v) is 17.5. The van der Waals surface area contributed by atoms with E-state index in [-0.39, 0.29) is 64.7 Å². The van der Waals surface area contributed by atoms with E-state index >= 15 is 0 Å². The fourth-order valence-corrected chi connectivity index (χ4v) is 10.1. The molecule has 0 saturated heterocycles. The largest absolute Gasteiger partial charge is 0.480 e. The standard InChI is InChI=1S/C55H52N6O9/c62-50(28-25-47(53(65)66)59-41-19-7-1-13-35(41)36-14-2-8-20-42(36)59)56-31-33-58(52(64)30-27-49(55(69)70)61-45-23-11-5-17-39(45)40-18-6-12-24-46(40)61)34-32-57-51(63)29-26-48(54(67)68)60-43-21-9-3-15-37(43)38-16-4-10-22-44(38)60/h1-24,47-49H,25-34H2,(H,56,62)(H,57,63)(H,65,66)(H,67,68)(H,69,70)/t47-,48-,49-/m0/s1. The van der Waals surface area contributed by atoms with Gasteiger partial charge in [-0.15, -0.1) is 0 Å². The van der Waals surface area contributed by atoms with Crippen molar-refractivity contribution in [2.45, 2.75) is 56.7 Å². The molecular formula is C55H52N6O9. The van der Waals surface area contributed by atoms with Crippen LogP contribution in [0.15, 0.2) is 146 Å². The summed E-state index contributed by atoms with van der Waals surface area (Å²) < 4.78 is 5.26. The van der Waals surface area contributed by atoms with Gasteiger partial charge in [0.2, 0.25) is 17.7 Å². The molecule has 15 heteroatoms. The van der Waals surface area contributed by atoms with Crippen molar-refractivity contribution in [3.05, 3.63) is 146 Å². The number of para-hydroxylation sites is 6. The molecule has 0 spiro atoms. The summed E-state index contributed by atoms with van der Waals surface area (Å²) in [5.41, 5.74) is 4.41. The number of benzene rings is 6. The lowest BCUT2D eigenvalue weighted by molar-refractivity contribution is -0.142. The second-order valence-electron chi connectivity index (χ2n) is 17.5. The summed E-state index contributed by atoms with van der Waals surface area (Å²) in [5.74, 6) is -4.49. The molecule has 3 amide bonds. The van der Waals surface area contributed by atoms with Crippen LogP contribution >= 0.6 is 0 Å². The molecule has 356 valence electrons. The van der Waals surface area contributed by atoms with E-state index in [0.29, 0.717) is 0 Å². The fourth-order valence-electron chi connectivity index (χ4n) is 10.1. The number of nitrogens with one attached hydrogen (secondary N) is 2. The number of aromatic nitrogens is 3. The molecule has 6 aromatic carbocycles. The molecule has 0 radical (unpaired) electrons. The van der Waals surface area contributed by atoms with Crippen molar-refractivity contribution in [2.24, 2.45) is 0 Å². The highest BCUT2D eigenvalue weighted by atomic mass is 16.4. The molecule has 0 saturated carbocycles. The zero-order chi connectivity index (χ0) is 48.9. The highest BCUT2D eigenvalue weighted by Crippen LogP contribution is 2.36.